The highest BCUT2D eigenvalue weighted by molar-refractivity contribution is 5.95. The van der Waals surface area contributed by atoms with Gasteiger partial charge in [0.25, 0.3) is 0 Å². The van der Waals surface area contributed by atoms with E-state index in [1.807, 2.05) is 77.7 Å². The molecule has 0 spiro atoms. The summed E-state index contributed by atoms with van der Waals surface area (Å²) in [6.45, 7) is 5.55. The Kier molecular flexibility index (Phi) is 12.2. The fourth-order valence-electron chi connectivity index (χ4n) is 6.54. The number of benzene rings is 4. The molecule has 6 rings (SSSR count). The molecule has 1 aromatic heterocycles. The van der Waals surface area contributed by atoms with E-state index in [4.69, 9.17) is 0 Å². The van der Waals surface area contributed by atoms with Crippen LogP contribution in [0.3, 0.4) is 0 Å². The summed E-state index contributed by atoms with van der Waals surface area (Å²) in [4.78, 5) is 39.0. The quantitative estimate of drug-likeness (QED) is 0.122. The maximum Gasteiger partial charge on any atom is 0.416 e. The Morgan fingerprint density at radius 1 is 0.755 bits per heavy atom. The topological polar surface area (TPSA) is 56.8 Å². The first-order valence-electron chi connectivity index (χ1n) is 18.0. The van der Waals surface area contributed by atoms with Crippen molar-refractivity contribution in [2.24, 2.45) is 0 Å². The van der Waals surface area contributed by atoms with Crippen LogP contribution in [0.4, 0.5) is 13.2 Å². The second-order valence-electron chi connectivity index (χ2n) is 13.3. The number of hydrogen-bond donors (Lipinski definition) is 0. The van der Waals surface area contributed by atoms with Gasteiger partial charge in [-0.05, 0) is 64.6 Å². The zero-order valence-electron chi connectivity index (χ0n) is 29.8. The summed E-state index contributed by atoms with van der Waals surface area (Å²) in [5, 5.41) is 0. The number of alkyl halides is 3. The second kappa shape index (κ2) is 17.3. The Morgan fingerprint density at radius 3 is 2.02 bits per heavy atom. The molecule has 53 heavy (non-hydrogen) atoms. The molecule has 2 heterocycles. The van der Waals surface area contributed by atoms with Crippen molar-refractivity contribution in [2.75, 3.05) is 26.2 Å². The summed E-state index contributed by atoms with van der Waals surface area (Å²) in [6, 6.07) is 35.6. The third kappa shape index (κ3) is 10.1. The molecule has 6 nitrogen and oxygen atoms in total. The first kappa shape index (κ1) is 37.2. The van der Waals surface area contributed by atoms with Gasteiger partial charge in [-0.2, -0.15) is 13.2 Å². The van der Waals surface area contributed by atoms with Gasteiger partial charge in [-0.25, -0.2) is 0 Å². The lowest BCUT2D eigenvalue weighted by atomic mass is 10.0. The van der Waals surface area contributed by atoms with E-state index in [0.717, 1.165) is 47.5 Å². The summed E-state index contributed by atoms with van der Waals surface area (Å²) in [5.41, 5.74) is 5.69. The van der Waals surface area contributed by atoms with Crippen LogP contribution >= 0.6 is 0 Å². The number of carbonyl (C=O) groups is 2. The Labute approximate surface area is 309 Å². The van der Waals surface area contributed by atoms with Gasteiger partial charge >= 0.3 is 6.18 Å². The summed E-state index contributed by atoms with van der Waals surface area (Å²) in [5.74, 6) is -0.552. The van der Waals surface area contributed by atoms with Gasteiger partial charge in [-0.1, -0.05) is 104 Å². The zero-order valence-corrected chi connectivity index (χ0v) is 29.8. The Hall–Kier alpha value is -5.54. The van der Waals surface area contributed by atoms with E-state index in [0.29, 0.717) is 38.2 Å². The molecule has 272 valence electrons. The average molecular weight is 717 g/mol. The van der Waals surface area contributed by atoms with Gasteiger partial charge in [0, 0.05) is 63.5 Å². The zero-order chi connectivity index (χ0) is 37.2. The Morgan fingerprint density at radius 2 is 1.40 bits per heavy atom. The number of aromatic nitrogens is 1. The standard InChI is InChI=1S/C44H43F3N4O2/c1-2-33-11-13-36(14-12-33)31-49-26-28-50(29-27-49)43(53)41(30-35-8-4-3-5-9-35)51(32-37-15-20-38(21-16-37)40-10-6-7-25-48-40)42(52)24-19-34-17-22-39(23-18-34)44(45,46)47/h3-25,41H,2,26-32H2,1H3/t41-/m0/s1. The summed E-state index contributed by atoms with van der Waals surface area (Å²) in [7, 11) is 0. The van der Waals surface area contributed by atoms with Gasteiger partial charge in [-0.15, -0.1) is 0 Å². The van der Waals surface area contributed by atoms with Gasteiger partial charge in [0.15, 0.2) is 0 Å². The number of rotatable bonds is 12. The van der Waals surface area contributed by atoms with Gasteiger partial charge < -0.3 is 9.80 Å². The van der Waals surface area contributed by atoms with Crippen molar-refractivity contribution in [3.8, 4) is 11.3 Å². The lowest BCUT2D eigenvalue weighted by Crippen LogP contribution is -2.56. The fourth-order valence-corrected chi connectivity index (χ4v) is 6.54. The smallest absolute Gasteiger partial charge is 0.338 e. The normalized spacial score (nSPS) is 14.3. The highest BCUT2D eigenvalue weighted by atomic mass is 19.4. The lowest BCUT2D eigenvalue weighted by molar-refractivity contribution is -0.145. The number of amides is 2. The van der Waals surface area contributed by atoms with Gasteiger partial charge in [0.05, 0.1) is 11.3 Å². The maximum absolute atomic E-state index is 14.6. The fraction of sp³-hybridized carbons (Fsp3) is 0.250. The van der Waals surface area contributed by atoms with Crippen molar-refractivity contribution in [3.05, 3.63) is 167 Å². The van der Waals surface area contributed by atoms with Crippen molar-refractivity contribution >= 4 is 17.9 Å². The molecule has 9 heteroatoms. The minimum atomic E-state index is -4.46. The highest BCUT2D eigenvalue weighted by Gasteiger charge is 2.34. The van der Waals surface area contributed by atoms with Crippen molar-refractivity contribution < 1.29 is 22.8 Å². The van der Waals surface area contributed by atoms with Crippen molar-refractivity contribution in [3.63, 3.8) is 0 Å². The van der Waals surface area contributed by atoms with Crippen molar-refractivity contribution in [1.29, 1.82) is 0 Å². The van der Waals surface area contributed by atoms with Crippen LogP contribution in [-0.4, -0.2) is 63.7 Å². The first-order chi connectivity index (χ1) is 25.7. The number of aryl methyl sites for hydroxylation is 1. The predicted molar refractivity (Wildman–Crippen MR) is 202 cm³/mol. The molecule has 1 aliphatic rings. The van der Waals surface area contributed by atoms with E-state index < -0.39 is 23.7 Å². The number of nitrogens with zero attached hydrogens (tertiary/aromatic N) is 4. The molecule has 5 aromatic rings. The number of carbonyl (C=O) groups excluding carboxylic acids is 2. The van der Waals surface area contributed by atoms with Crippen LogP contribution in [0.25, 0.3) is 17.3 Å². The molecule has 0 bridgehead atoms. The number of hydrogen-bond acceptors (Lipinski definition) is 4. The molecule has 4 aromatic carbocycles. The lowest BCUT2D eigenvalue weighted by Gasteiger charge is -2.39. The maximum atomic E-state index is 14.6. The summed E-state index contributed by atoms with van der Waals surface area (Å²) in [6.07, 6.45) is 1.41. The third-order valence-corrected chi connectivity index (χ3v) is 9.66. The minimum Gasteiger partial charge on any atom is -0.338 e. The molecule has 0 aliphatic carbocycles. The van der Waals surface area contributed by atoms with Crippen molar-refractivity contribution in [2.45, 2.75) is 45.1 Å². The Bertz CT molecular complexity index is 1960. The molecule has 1 fully saturated rings. The molecular formula is C44H43F3N4O2. The Balaban J connectivity index is 1.26. The van der Waals surface area contributed by atoms with Gasteiger partial charge in [-0.3, -0.25) is 19.5 Å². The predicted octanol–water partition coefficient (Wildman–Crippen LogP) is 8.33. The number of halogens is 3. The molecule has 0 unspecified atom stereocenters. The van der Waals surface area contributed by atoms with E-state index in [9.17, 15) is 22.8 Å². The third-order valence-electron chi connectivity index (χ3n) is 9.66. The molecule has 0 saturated carbocycles. The van der Waals surface area contributed by atoms with E-state index in [2.05, 4.69) is 41.1 Å². The first-order valence-corrected chi connectivity index (χ1v) is 18.0. The minimum absolute atomic E-state index is 0.137. The van der Waals surface area contributed by atoms with Crippen LogP contribution in [0.5, 0.6) is 0 Å². The molecule has 2 amide bonds. The molecule has 1 aliphatic heterocycles. The van der Waals surface area contributed by atoms with Crippen LogP contribution < -0.4 is 0 Å². The van der Waals surface area contributed by atoms with E-state index >= 15 is 0 Å². The summed E-state index contributed by atoms with van der Waals surface area (Å²) >= 11 is 0. The van der Waals surface area contributed by atoms with Crippen LogP contribution in [0.1, 0.15) is 40.3 Å². The van der Waals surface area contributed by atoms with Crippen LogP contribution in [0.15, 0.2) is 134 Å². The van der Waals surface area contributed by atoms with Crippen molar-refractivity contribution in [1.82, 2.24) is 19.7 Å². The van der Waals surface area contributed by atoms with E-state index in [1.54, 1.807) is 11.1 Å². The van der Waals surface area contributed by atoms with E-state index in [-0.39, 0.29) is 12.5 Å². The monoisotopic (exact) mass is 716 g/mol. The van der Waals surface area contributed by atoms with Crippen LogP contribution in [0, 0.1) is 0 Å². The molecular weight excluding hydrogens is 674 g/mol. The number of pyridine rings is 1. The van der Waals surface area contributed by atoms with Gasteiger partial charge in [0.1, 0.15) is 6.04 Å². The molecule has 0 N–H and O–H groups in total. The van der Waals surface area contributed by atoms with Crippen LogP contribution in [0.2, 0.25) is 0 Å². The van der Waals surface area contributed by atoms with Crippen LogP contribution in [-0.2, 0) is 41.7 Å². The molecule has 1 saturated heterocycles. The average Bonchev–Trinajstić information content (AvgIpc) is 3.19. The largest absolute Gasteiger partial charge is 0.416 e. The van der Waals surface area contributed by atoms with E-state index in [1.165, 1.54) is 35.4 Å². The summed E-state index contributed by atoms with van der Waals surface area (Å²) < 4.78 is 39.6. The molecule has 0 radical (unpaired) electrons. The SMILES string of the molecule is CCc1ccc(CN2CCN(C(=O)[C@H](Cc3ccccc3)N(Cc3ccc(-c4ccccn4)cc3)C(=O)C=Cc3ccc(C(F)(F)F)cc3)CC2)cc1. The second-order valence-corrected chi connectivity index (χ2v) is 13.3. The van der Waals surface area contributed by atoms with Gasteiger partial charge in [0.2, 0.25) is 11.8 Å². The molecule has 1 atom stereocenters. The highest BCUT2D eigenvalue weighted by Crippen LogP contribution is 2.29. The number of piperazine rings is 1.